The van der Waals surface area contributed by atoms with Crippen molar-refractivity contribution in [3.05, 3.63) is 72.9 Å². The predicted octanol–water partition coefficient (Wildman–Crippen LogP) is 18.2. The van der Waals surface area contributed by atoms with Gasteiger partial charge in [-0.25, -0.2) is 0 Å². The van der Waals surface area contributed by atoms with Gasteiger partial charge in [-0.15, -0.1) is 0 Å². The van der Waals surface area contributed by atoms with Gasteiger partial charge in [0.25, 0.3) is 0 Å². The van der Waals surface area contributed by atoms with Gasteiger partial charge in [0.15, 0.2) is 6.10 Å². The van der Waals surface area contributed by atoms with E-state index in [-0.39, 0.29) is 31.1 Å². The SMILES string of the molecule is CCCCC/C=C\C/C=C\C/C=C\CCCCC(=O)OC[C@H](COC(=O)CCCCCCC/C=C\CCCCCC)OC(=O)CCCCCCCCCCC/C=C\C/C=C\CCCCC. The number of unbranched alkanes of at least 4 members (excludes halogenated alkanes) is 26. The summed E-state index contributed by atoms with van der Waals surface area (Å²) >= 11 is 0. The molecule has 0 aromatic rings. The van der Waals surface area contributed by atoms with Gasteiger partial charge >= 0.3 is 17.9 Å². The number of rotatable bonds is 49. The molecule has 6 nitrogen and oxygen atoms in total. The zero-order valence-corrected chi connectivity index (χ0v) is 42.7. The summed E-state index contributed by atoms with van der Waals surface area (Å²) < 4.78 is 16.8. The summed E-state index contributed by atoms with van der Waals surface area (Å²) in [5, 5.41) is 0. The van der Waals surface area contributed by atoms with Crippen LogP contribution in [0.3, 0.4) is 0 Å². The summed E-state index contributed by atoms with van der Waals surface area (Å²) in [5.41, 5.74) is 0. The summed E-state index contributed by atoms with van der Waals surface area (Å²) in [5.74, 6) is -0.941. The van der Waals surface area contributed by atoms with Crippen molar-refractivity contribution in [2.75, 3.05) is 13.2 Å². The summed E-state index contributed by atoms with van der Waals surface area (Å²) in [7, 11) is 0. The first-order valence-corrected chi connectivity index (χ1v) is 27.4. The molecule has 0 heterocycles. The highest BCUT2D eigenvalue weighted by atomic mass is 16.6. The Morgan fingerprint density at radius 2 is 0.554 bits per heavy atom. The van der Waals surface area contributed by atoms with Crippen molar-refractivity contribution < 1.29 is 28.6 Å². The van der Waals surface area contributed by atoms with Gasteiger partial charge in [-0.1, -0.05) is 203 Å². The lowest BCUT2D eigenvalue weighted by atomic mass is 10.1. The van der Waals surface area contributed by atoms with Crippen LogP contribution in [0.4, 0.5) is 0 Å². The van der Waals surface area contributed by atoms with E-state index in [2.05, 4.69) is 93.7 Å². The molecule has 0 aliphatic rings. The van der Waals surface area contributed by atoms with Crippen molar-refractivity contribution in [2.24, 2.45) is 0 Å². The monoisotopic (exact) mass is 907 g/mol. The summed E-state index contributed by atoms with van der Waals surface area (Å²) in [6.45, 7) is 6.53. The van der Waals surface area contributed by atoms with E-state index in [1.54, 1.807) is 0 Å². The largest absolute Gasteiger partial charge is 0.462 e. The molecule has 0 fully saturated rings. The quantitative estimate of drug-likeness (QED) is 0.0262. The molecule has 65 heavy (non-hydrogen) atoms. The molecule has 1 atom stereocenters. The van der Waals surface area contributed by atoms with E-state index >= 15 is 0 Å². The number of hydrogen-bond donors (Lipinski definition) is 0. The van der Waals surface area contributed by atoms with Gasteiger partial charge in [0.2, 0.25) is 0 Å². The second kappa shape index (κ2) is 53.5. The first-order valence-electron chi connectivity index (χ1n) is 27.4. The van der Waals surface area contributed by atoms with Crippen LogP contribution in [0.15, 0.2) is 72.9 Å². The van der Waals surface area contributed by atoms with Gasteiger partial charge in [-0.3, -0.25) is 14.4 Å². The first-order chi connectivity index (χ1) is 32.0. The second-order valence-corrected chi connectivity index (χ2v) is 18.1. The van der Waals surface area contributed by atoms with Crippen molar-refractivity contribution in [3.8, 4) is 0 Å². The maximum absolute atomic E-state index is 12.8. The van der Waals surface area contributed by atoms with Gasteiger partial charge < -0.3 is 14.2 Å². The van der Waals surface area contributed by atoms with Crippen LogP contribution < -0.4 is 0 Å². The highest BCUT2D eigenvalue weighted by Crippen LogP contribution is 2.14. The third-order valence-corrected chi connectivity index (χ3v) is 11.7. The number of allylic oxidation sites excluding steroid dienone is 12. The second-order valence-electron chi connectivity index (χ2n) is 18.1. The van der Waals surface area contributed by atoms with Crippen LogP contribution in [0.1, 0.15) is 265 Å². The van der Waals surface area contributed by atoms with Gasteiger partial charge in [0.1, 0.15) is 13.2 Å². The van der Waals surface area contributed by atoms with Crippen LogP contribution in [-0.4, -0.2) is 37.2 Å². The van der Waals surface area contributed by atoms with Gasteiger partial charge in [-0.2, -0.15) is 0 Å². The average molecular weight is 907 g/mol. The van der Waals surface area contributed by atoms with E-state index in [0.717, 1.165) is 83.5 Å². The maximum atomic E-state index is 12.8. The Labute approximate surface area is 402 Å². The first kappa shape index (κ1) is 61.9. The van der Waals surface area contributed by atoms with E-state index in [1.807, 2.05) is 0 Å². The Hall–Kier alpha value is -3.15. The van der Waals surface area contributed by atoms with Crippen LogP contribution in [0.5, 0.6) is 0 Å². The maximum Gasteiger partial charge on any atom is 0.306 e. The van der Waals surface area contributed by atoms with E-state index < -0.39 is 6.10 Å². The lowest BCUT2D eigenvalue weighted by Gasteiger charge is -2.18. The third-order valence-electron chi connectivity index (χ3n) is 11.7. The van der Waals surface area contributed by atoms with E-state index in [0.29, 0.717) is 19.3 Å². The molecule has 0 aliphatic carbocycles. The molecule has 0 aliphatic heterocycles. The molecule has 0 unspecified atom stereocenters. The van der Waals surface area contributed by atoms with Crippen LogP contribution in [-0.2, 0) is 28.6 Å². The fourth-order valence-electron chi connectivity index (χ4n) is 7.47. The van der Waals surface area contributed by atoms with E-state index in [9.17, 15) is 14.4 Å². The minimum Gasteiger partial charge on any atom is -0.462 e. The normalized spacial score (nSPS) is 12.6. The molecule has 0 aromatic carbocycles. The fraction of sp³-hybridized carbons (Fsp3) is 0.746. The molecule has 0 radical (unpaired) electrons. The number of ether oxygens (including phenoxy) is 3. The molecule has 0 rings (SSSR count). The van der Waals surface area contributed by atoms with Crippen molar-refractivity contribution >= 4 is 17.9 Å². The summed E-state index contributed by atoms with van der Waals surface area (Å²) in [6, 6.07) is 0. The summed E-state index contributed by atoms with van der Waals surface area (Å²) in [4.78, 5) is 38.0. The lowest BCUT2D eigenvalue weighted by molar-refractivity contribution is -0.167. The van der Waals surface area contributed by atoms with E-state index in [4.69, 9.17) is 14.2 Å². The molecule has 0 saturated carbocycles. The van der Waals surface area contributed by atoms with Crippen LogP contribution >= 0.6 is 0 Å². The van der Waals surface area contributed by atoms with Gasteiger partial charge in [0.05, 0.1) is 0 Å². The molecule has 0 bridgehead atoms. The predicted molar refractivity (Wildman–Crippen MR) is 279 cm³/mol. The van der Waals surface area contributed by atoms with E-state index in [1.165, 1.54) is 141 Å². The molecule has 0 spiro atoms. The number of esters is 3. The molecule has 0 saturated heterocycles. The van der Waals surface area contributed by atoms with Gasteiger partial charge in [0, 0.05) is 19.3 Å². The van der Waals surface area contributed by atoms with Crippen LogP contribution in [0, 0.1) is 0 Å². The average Bonchev–Trinajstić information content (AvgIpc) is 3.30. The molecule has 0 amide bonds. The van der Waals surface area contributed by atoms with Crippen LogP contribution in [0.2, 0.25) is 0 Å². The minimum absolute atomic E-state index is 0.0933. The number of carbonyl (C=O) groups excluding carboxylic acids is 3. The molecular weight excluding hydrogens is 805 g/mol. The van der Waals surface area contributed by atoms with Crippen molar-refractivity contribution in [2.45, 2.75) is 271 Å². The van der Waals surface area contributed by atoms with Crippen molar-refractivity contribution in [1.29, 1.82) is 0 Å². The molecule has 0 aromatic heterocycles. The molecular formula is C59H102O6. The number of carbonyl (C=O) groups is 3. The Morgan fingerprint density at radius 1 is 0.308 bits per heavy atom. The van der Waals surface area contributed by atoms with Gasteiger partial charge in [-0.05, 0) is 116 Å². The zero-order valence-electron chi connectivity index (χ0n) is 42.7. The third kappa shape index (κ3) is 51.7. The molecule has 6 heteroatoms. The Bertz CT molecular complexity index is 1230. The smallest absolute Gasteiger partial charge is 0.306 e. The van der Waals surface area contributed by atoms with Crippen LogP contribution in [0.25, 0.3) is 0 Å². The lowest BCUT2D eigenvalue weighted by Crippen LogP contribution is -2.30. The molecule has 374 valence electrons. The Kier molecular flexibility index (Phi) is 50.9. The molecule has 0 N–H and O–H groups in total. The Balaban J connectivity index is 4.43. The van der Waals surface area contributed by atoms with Crippen molar-refractivity contribution in [3.63, 3.8) is 0 Å². The Morgan fingerprint density at radius 3 is 0.938 bits per heavy atom. The standard InChI is InChI=1S/C59H102O6/c1-4-7-10-13-16-19-22-25-27-28-29-30-32-35-38-41-44-47-50-53-59(62)65-56(54-63-57(60)51-48-45-42-39-36-33-24-21-18-15-12-9-6-3)55-64-58(61)52-49-46-43-40-37-34-31-26-23-20-17-14-11-8-5-2/h16-17,19-21,24-27,31,37,40,56H,4-15,18,22-23,28-30,32-36,38-39,41-55H2,1-3H3/b19-16-,20-17-,24-21-,27-25-,31-26-,40-37-/t56-/m0/s1. The highest BCUT2D eigenvalue weighted by Gasteiger charge is 2.19. The summed E-state index contributed by atoms with van der Waals surface area (Å²) in [6.07, 6.45) is 67.4. The fourth-order valence-corrected chi connectivity index (χ4v) is 7.47. The van der Waals surface area contributed by atoms with Crippen molar-refractivity contribution in [1.82, 2.24) is 0 Å². The zero-order chi connectivity index (χ0) is 47.2. The number of hydrogen-bond acceptors (Lipinski definition) is 6. The highest BCUT2D eigenvalue weighted by molar-refractivity contribution is 5.71. The topological polar surface area (TPSA) is 78.9 Å². The minimum atomic E-state index is -0.796.